The quantitative estimate of drug-likeness (QED) is 0.372. The van der Waals surface area contributed by atoms with Gasteiger partial charge in [-0.1, -0.05) is 63.6 Å². The van der Waals surface area contributed by atoms with Crippen molar-refractivity contribution in [3.05, 3.63) is 87.6 Å². The molecule has 140 valence electrons. The third-order valence-electron chi connectivity index (χ3n) is 4.54. The van der Waals surface area contributed by atoms with E-state index in [0.29, 0.717) is 16.9 Å². The van der Waals surface area contributed by atoms with Crippen molar-refractivity contribution in [3.8, 4) is 0 Å². The first-order valence-electron chi connectivity index (χ1n) is 8.52. The molecule has 0 aliphatic carbocycles. The van der Waals surface area contributed by atoms with Crippen molar-refractivity contribution in [1.82, 2.24) is 5.16 Å². The number of aryl methyl sites for hydroxylation is 1. The first-order valence-corrected chi connectivity index (χ1v) is 9.32. The first kappa shape index (κ1) is 18.2. The van der Waals surface area contributed by atoms with Crippen LogP contribution in [0.5, 0.6) is 0 Å². The molecule has 0 radical (unpaired) electrons. The van der Waals surface area contributed by atoms with Gasteiger partial charge in [0.1, 0.15) is 11.5 Å². The van der Waals surface area contributed by atoms with E-state index in [4.69, 9.17) is 4.52 Å². The summed E-state index contributed by atoms with van der Waals surface area (Å²) in [7, 11) is 0. The van der Waals surface area contributed by atoms with E-state index in [0.717, 1.165) is 4.47 Å². The summed E-state index contributed by atoms with van der Waals surface area (Å²) in [6.45, 7) is 1.70. The van der Waals surface area contributed by atoms with Crippen LogP contribution in [0.2, 0.25) is 0 Å². The monoisotopic (exact) mass is 438 g/mol. The van der Waals surface area contributed by atoms with Gasteiger partial charge < -0.3 is 9.63 Å². The maximum atomic E-state index is 12.9. The van der Waals surface area contributed by atoms with Crippen molar-refractivity contribution >= 4 is 39.2 Å². The number of aromatic nitrogens is 1. The van der Waals surface area contributed by atoms with Gasteiger partial charge in [-0.15, -0.1) is 0 Å². The Balaban J connectivity index is 1.93. The summed E-state index contributed by atoms with van der Waals surface area (Å²) < 4.78 is 5.93. The number of rotatable bonds is 3. The second-order valence-electron chi connectivity index (χ2n) is 6.38. The molecule has 0 unspecified atom stereocenters. The minimum absolute atomic E-state index is 0.0131. The minimum atomic E-state index is -0.811. The summed E-state index contributed by atoms with van der Waals surface area (Å²) >= 11 is 3.34. The van der Waals surface area contributed by atoms with Crippen LogP contribution in [0.1, 0.15) is 22.9 Å². The van der Waals surface area contributed by atoms with E-state index in [1.165, 1.54) is 4.90 Å². The number of Topliss-reactive ketones (excluding diaryl/α,β-unsaturated/α-hetero) is 1. The molecule has 2 heterocycles. The van der Waals surface area contributed by atoms with Gasteiger partial charge in [0, 0.05) is 16.1 Å². The van der Waals surface area contributed by atoms with Crippen LogP contribution in [0, 0.1) is 6.92 Å². The Bertz CT molecular complexity index is 1090. The number of carbonyl (C=O) groups is 2. The Labute approximate surface area is 169 Å². The highest BCUT2D eigenvalue weighted by atomic mass is 79.9. The second-order valence-corrected chi connectivity index (χ2v) is 7.30. The Morgan fingerprint density at radius 3 is 2.39 bits per heavy atom. The summed E-state index contributed by atoms with van der Waals surface area (Å²) in [5.41, 5.74) is 1.14. The number of ketones is 1. The lowest BCUT2D eigenvalue weighted by molar-refractivity contribution is -0.132. The van der Waals surface area contributed by atoms with Crippen LogP contribution in [0.3, 0.4) is 0 Å². The topological polar surface area (TPSA) is 83.6 Å². The zero-order valence-corrected chi connectivity index (χ0v) is 16.4. The van der Waals surface area contributed by atoms with E-state index in [1.54, 1.807) is 49.4 Å². The molecule has 0 spiro atoms. The van der Waals surface area contributed by atoms with Gasteiger partial charge in [-0.3, -0.25) is 14.5 Å². The Hall–Kier alpha value is -3.19. The zero-order valence-electron chi connectivity index (χ0n) is 14.8. The number of hydrogen-bond donors (Lipinski definition) is 1. The van der Waals surface area contributed by atoms with Crippen molar-refractivity contribution in [2.24, 2.45) is 0 Å². The van der Waals surface area contributed by atoms with E-state index in [1.807, 2.05) is 18.2 Å². The first-order chi connectivity index (χ1) is 13.5. The normalized spacial score (nSPS) is 18.6. The Morgan fingerprint density at radius 1 is 1.11 bits per heavy atom. The predicted octanol–water partition coefficient (Wildman–Crippen LogP) is 4.37. The Kier molecular flexibility index (Phi) is 4.60. The lowest BCUT2D eigenvalue weighted by Gasteiger charge is -2.22. The van der Waals surface area contributed by atoms with Gasteiger partial charge in [0.05, 0.1) is 11.6 Å². The molecule has 7 heteroatoms. The fraction of sp³-hybridized carbons (Fsp3) is 0.0952. The van der Waals surface area contributed by atoms with Gasteiger partial charge in [0.2, 0.25) is 0 Å². The summed E-state index contributed by atoms with van der Waals surface area (Å²) in [5, 5.41) is 14.8. The second kappa shape index (κ2) is 7.09. The molecule has 0 bridgehead atoms. The predicted molar refractivity (Wildman–Crippen MR) is 107 cm³/mol. The average molecular weight is 439 g/mol. The van der Waals surface area contributed by atoms with Gasteiger partial charge in [-0.05, 0) is 24.6 Å². The lowest BCUT2D eigenvalue weighted by atomic mass is 9.95. The van der Waals surface area contributed by atoms with Crippen LogP contribution >= 0.6 is 15.9 Å². The summed E-state index contributed by atoms with van der Waals surface area (Å²) in [5.74, 6) is -1.03. The van der Waals surface area contributed by atoms with Gasteiger partial charge in [0.25, 0.3) is 5.78 Å². The average Bonchev–Trinajstić information content (AvgIpc) is 3.24. The van der Waals surface area contributed by atoms with Crippen molar-refractivity contribution in [3.63, 3.8) is 0 Å². The van der Waals surface area contributed by atoms with E-state index in [9.17, 15) is 14.7 Å². The highest BCUT2D eigenvalue weighted by molar-refractivity contribution is 9.10. The number of amides is 1. The fourth-order valence-corrected chi connectivity index (χ4v) is 3.51. The van der Waals surface area contributed by atoms with Crippen molar-refractivity contribution in [1.29, 1.82) is 0 Å². The highest BCUT2D eigenvalue weighted by Gasteiger charge is 2.48. The van der Waals surface area contributed by atoms with E-state index >= 15 is 0 Å². The summed E-state index contributed by atoms with van der Waals surface area (Å²) in [6, 6.07) is 16.7. The number of carbonyl (C=O) groups excluding carboxylic acids is 2. The SMILES string of the molecule is Cc1cc(N2C(=O)C(=O)C(=C(O)c3ccc(Br)cc3)[C@H]2c2ccccc2)no1. The molecule has 28 heavy (non-hydrogen) atoms. The molecule has 1 aromatic heterocycles. The number of aliphatic hydroxyl groups is 1. The smallest absolute Gasteiger partial charge is 0.301 e. The number of anilines is 1. The van der Waals surface area contributed by atoms with Gasteiger partial charge in [-0.25, -0.2) is 0 Å². The third-order valence-corrected chi connectivity index (χ3v) is 5.07. The standard InChI is InChI=1S/C21H15BrN2O4/c1-12-11-16(23-28-12)24-18(13-5-3-2-4-6-13)17(20(26)21(24)27)19(25)14-7-9-15(22)10-8-14/h2-11,18,25H,1H3/t18-/m1/s1. The minimum Gasteiger partial charge on any atom is -0.507 e. The summed E-state index contributed by atoms with van der Waals surface area (Å²) in [6.07, 6.45) is 0. The van der Waals surface area contributed by atoms with Crippen LogP contribution in [0.4, 0.5) is 5.82 Å². The van der Waals surface area contributed by atoms with E-state index < -0.39 is 17.7 Å². The molecule has 1 fully saturated rings. The van der Waals surface area contributed by atoms with E-state index in [2.05, 4.69) is 21.1 Å². The maximum absolute atomic E-state index is 12.9. The molecule has 6 nitrogen and oxygen atoms in total. The number of hydrogen-bond acceptors (Lipinski definition) is 5. The Morgan fingerprint density at radius 2 is 1.79 bits per heavy atom. The largest absolute Gasteiger partial charge is 0.507 e. The van der Waals surface area contributed by atoms with E-state index in [-0.39, 0.29) is 17.2 Å². The zero-order chi connectivity index (χ0) is 19.8. The van der Waals surface area contributed by atoms with Crippen molar-refractivity contribution in [2.75, 3.05) is 4.90 Å². The fourth-order valence-electron chi connectivity index (χ4n) is 3.25. The van der Waals surface area contributed by atoms with Crippen LogP contribution in [-0.4, -0.2) is 22.0 Å². The molecule has 2 aromatic carbocycles. The van der Waals surface area contributed by atoms with Crippen LogP contribution in [0.25, 0.3) is 5.76 Å². The van der Waals surface area contributed by atoms with Crippen LogP contribution in [-0.2, 0) is 9.59 Å². The number of halogens is 1. The van der Waals surface area contributed by atoms with Crippen molar-refractivity contribution < 1.29 is 19.2 Å². The highest BCUT2D eigenvalue weighted by Crippen LogP contribution is 2.41. The van der Waals surface area contributed by atoms with Gasteiger partial charge >= 0.3 is 5.91 Å². The molecule has 1 saturated heterocycles. The van der Waals surface area contributed by atoms with Crippen LogP contribution in [0.15, 0.2) is 75.2 Å². The molecule has 1 aliphatic rings. The molecule has 4 rings (SSSR count). The van der Waals surface area contributed by atoms with Gasteiger partial charge in [-0.2, -0.15) is 0 Å². The molecular weight excluding hydrogens is 424 g/mol. The van der Waals surface area contributed by atoms with Crippen molar-refractivity contribution in [2.45, 2.75) is 13.0 Å². The number of aliphatic hydroxyl groups excluding tert-OH is 1. The number of nitrogens with zero attached hydrogens (tertiary/aromatic N) is 2. The molecular formula is C21H15BrN2O4. The van der Waals surface area contributed by atoms with Crippen LogP contribution < -0.4 is 4.90 Å². The maximum Gasteiger partial charge on any atom is 0.301 e. The number of benzene rings is 2. The summed E-state index contributed by atoms with van der Waals surface area (Å²) in [4.78, 5) is 27.0. The molecule has 3 aromatic rings. The van der Waals surface area contributed by atoms with Gasteiger partial charge in [0.15, 0.2) is 5.82 Å². The molecule has 1 N–H and O–H groups in total. The molecule has 1 aliphatic heterocycles. The molecule has 1 amide bonds. The third kappa shape index (κ3) is 3.03. The lowest BCUT2D eigenvalue weighted by Crippen LogP contribution is -2.29. The molecule has 1 atom stereocenters. The molecule has 0 saturated carbocycles.